The Morgan fingerprint density at radius 3 is 2.50 bits per heavy atom. The van der Waals surface area contributed by atoms with Crippen LogP contribution in [0.2, 0.25) is 0 Å². The van der Waals surface area contributed by atoms with Crippen LogP contribution in [0, 0.1) is 0 Å². The molecule has 7 nitrogen and oxygen atoms in total. The van der Waals surface area contributed by atoms with Gasteiger partial charge in [-0.1, -0.05) is 0 Å². The minimum absolute atomic E-state index is 0.170. The summed E-state index contributed by atoms with van der Waals surface area (Å²) in [5.41, 5.74) is 3.84. The van der Waals surface area contributed by atoms with Crippen molar-refractivity contribution in [2.45, 2.75) is 26.1 Å². The molecule has 1 amide bonds. The van der Waals surface area contributed by atoms with E-state index in [1.165, 1.54) is 0 Å². The smallest absolute Gasteiger partial charge is 0.255 e. The van der Waals surface area contributed by atoms with Gasteiger partial charge in [-0.2, -0.15) is 15.4 Å². The molecule has 1 aliphatic heterocycles. The monoisotopic (exact) mass is 351 g/mol. The molecule has 0 bridgehead atoms. The topological polar surface area (TPSA) is 83.1 Å². The number of ether oxygens (including phenoxy) is 1. The molecule has 2 heterocycles. The van der Waals surface area contributed by atoms with Crippen molar-refractivity contribution in [3.63, 3.8) is 0 Å². The third-order valence-corrected chi connectivity index (χ3v) is 4.49. The van der Waals surface area contributed by atoms with E-state index in [1.807, 2.05) is 24.3 Å². The number of amides is 1. The lowest BCUT2D eigenvalue weighted by molar-refractivity contribution is -0.00521. The zero-order valence-corrected chi connectivity index (χ0v) is 14.8. The summed E-state index contributed by atoms with van der Waals surface area (Å²) in [6, 6.07) is 13.1. The van der Waals surface area contributed by atoms with Gasteiger partial charge in [-0.05, 0) is 56.3 Å². The Hall–Kier alpha value is -2.93. The Kier molecular flexibility index (Phi) is 4.30. The maximum Gasteiger partial charge on any atom is 0.255 e. The van der Waals surface area contributed by atoms with Gasteiger partial charge in [0.1, 0.15) is 11.0 Å². The van der Waals surface area contributed by atoms with Crippen molar-refractivity contribution in [1.29, 1.82) is 0 Å². The largest absolute Gasteiger partial charge is 0.372 e. The van der Waals surface area contributed by atoms with E-state index in [2.05, 4.69) is 39.5 Å². The molecule has 26 heavy (non-hydrogen) atoms. The molecule has 1 saturated heterocycles. The fourth-order valence-corrected chi connectivity index (χ4v) is 3.33. The summed E-state index contributed by atoms with van der Waals surface area (Å²) < 4.78 is 5.78. The highest BCUT2D eigenvalue weighted by atomic mass is 16.5. The third kappa shape index (κ3) is 3.39. The number of aromatic amines is 1. The van der Waals surface area contributed by atoms with E-state index in [0.717, 1.165) is 30.0 Å². The molecule has 1 aromatic heterocycles. The molecule has 1 fully saturated rings. The predicted octanol–water partition coefficient (Wildman–Crippen LogP) is 2.82. The number of nitrogens with zero attached hydrogens (tertiary/aromatic N) is 3. The highest BCUT2D eigenvalue weighted by Crippen LogP contribution is 2.23. The SMILES string of the molecule is C[C@H]1CN(c2ccc(NC(=O)c3ccc4n[nH]nc4c3)cc2)C[C@H](C)O1. The maximum atomic E-state index is 12.5. The van der Waals surface area contributed by atoms with Gasteiger partial charge in [0.15, 0.2) is 0 Å². The van der Waals surface area contributed by atoms with Crippen molar-refractivity contribution in [3.05, 3.63) is 48.0 Å². The second-order valence-electron chi connectivity index (χ2n) is 6.69. The minimum Gasteiger partial charge on any atom is -0.372 e. The Bertz CT molecular complexity index is 911. The molecule has 2 N–H and O–H groups in total. The number of rotatable bonds is 3. The molecule has 134 valence electrons. The van der Waals surface area contributed by atoms with Gasteiger partial charge >= 0.3 is 0 Å². The number of aromatic nitrogens is 3. The summed E-state index contributed by atoms with van der Waals surface area (Å²) in [6.07, 6.45) is 0.425. The summed E-state index contributed by atoms with van der Waals surface area (Å²) in [5, 5.41) is 13.5. The van der Waals surface area contributed by atoms with E-state index < -0.39 is 0 Å². The first-order valence-corrected chi connectivity index (χ1v) is 8.71. The van der Waals surface area contributed by atoms with Crippen molar-refractivity contribution in [3.8, 4) is 0 Å². The Morgan fingerprint density at radius 2 is 1.77 bits per heavy atom. The van der Waals surface area contributed by atoms with Crippen LogP contribution in [0.5, 0.6) is 0 Å². The molecule has 0 unspecified atom stereocenters. The molecule has 2 atom stereocenters. The van der Waals surface area contributed by atoms with Gasteiger partial charge in [0.25, 0.3) is 5.91 Å². The van der Waals surface area contributed by atoms with E-state index in [1.54, 1.807) is 18.2 Å². The maximum absolute atomic E-state index is 12.5. The Balaban J connectivity index is 1.45. The quantitative estimate of drug-likeness (QED) is 0.758. The Labute approximate surface area is 151 Å². The summed E-state index contributed by atoms with van der Waals surface area (Å²) in [6.45, 7) is 5.91. The normalized spacial score (nSPS) is 20.3. The molecule has 0 radical (unpaired) electrons. The Morgan fingerprint density at radius 1 is 1.08 bits per heavy atom. The van der Waals surface area contributed by atoms with Crippen LogP contribution in [0.15, 0.2) is 42.5 Å². The third-order valence-electron chi connectivity index (χ3n) is 4.49. The number of hydrogen-bond donors (Lipinski definition) is 2. The van der Waals surface area contributed by atoms with E-state index in [4.69, 9.17) is 4.74 Å². The first kappa shape index (κ1) is 16.5. The highest BCUT2D eigenvalue weighted by molar-refractivity contribution is 6.05. The van der Waals surface area contributed by atoms with Crippen molar-refractivity contribution >= 4 is 28.3 Å². The van der Waals surface area contributed by atoms with Crippen LogP contribution in [0.1, 0.15) is 24.2 Å². The van der Waals surface area contributed by atoms with Crippen LogP contribution in [0.3, 0.4) is 0 Å². The molecule has 0 aliphatic carbocycles. The zero-order chi connectivity index (χ0) is 18.1. The molecule has 7 heteroatoms. The zero-order valence-electron chi connectivity index (χ0n) is 14.8. The average Bonchev–Trinajstić information content (AvgIpc) is 3.09. The second kappa shape index (κ2) is 6.76. The lowest BCUT2D eigenvalue weighted by Crippen LogP contribution is -2.45. The van der Waals surface area contributed by atoms with E-state index >= 15 is 0 Å². The van der Waals surface area contributed by atoms with Crippen molar-refractivity contribution in [2.75, 3.05) is 23.3 Å². The number of carbonyl (C=O) groups is 1. The molecule has 1 aliphatic rings. The standard InChI is InChI=1S/C19H21N5O2/c1-12-10-24(11-13(2)26-12)16-6-4-15(5-7-16)20-19(25)14-3-8-17-18(9-14)22-23-21-17/h3-9,12-13H,10-11H2,1-2H3,(H,20,25)(H,21,22,23)/t12-,13-/m0/s1. The molecule has 0 saturated carbocycles. The molecule has 4 rings (SSSR count). The number of carbonyl (C=O) groups excluding carboxylic acids is 1. The van der Waals surface area contributed by atoms with Gasteiger partial charge < -0.3 is 15.0 Å². The number of benzene rings is 2. The van der Waals surface area contributed by atoms with E-state index in [0.29, 0.717) is 11.1 Å². The summed E-state index contributed by atoms with van der Waals surface area (Å²) >= 11 is 0. The van der Waals surface area contributed by atoms with Crippen LogP contribution in [0.25, 0.3) is 11.0 Å². The number of hydrogen-bond acceptors (Lipinski definition) is 5. The van der Waals surface area contributed by atoms with Gasteiger partial charge in [0.05, 0.1) is 12.2 Å². The highest BCUT2D eigenvalue weighted by Gasteiger charge is 2.22. The second-order valence-corrected chi connectivity index (χ2v) is 6.69. The number of fused-ring (bicyclic) bond motifs is 1. The van der Waals surface area contributed by atoms with E-state index in [9.17, 15) is 4.79 Å². The first-order chi connectivity index (χ1) is 12.6. The molecule has 3 aromatic rings. The molecular formula is C19H21N5O2. The number of nitrogens with one attached hydrogen (secondary N) is 2. The van der Waals surface area contributed by atoms with Crippen molar-refractivity contribution < 1.29 is 9.53 Å². The molecule has 0 spiro atoms. The van der Waals surface area contributed by atoms with Gasteiger partial charge in [0.2, 0.25) is 0 Å². The summed E-state index contributed by atoms with van der Waals surface area (Å²) in [4.78, 5) is 14.8. The van der Waals surface area contributed by atoms with Crippen LogP contribution in [-0.4, -0.2) is 46.6 Å². The average molecular weight is 351 g/mol. The first-order valence-electron chi connectivity index (χ1n) is 8.71. The van der Waals surface area contributed by atoms with Gasteiger partial charge in [-0.25, -0.2) is 0 Å². The van der Waals surface area contributed by atoms with Crippen molar-refractivity contribution in [1.82, 2.24) is 15.4 Å². The number of H-pyrrole nitrogens is 1. The lowest BCUT2D eigenvalue weighted by atomic mass is 10.1. The number of anilines is 2. The van der Waals surface area contributed by atoms with E-state index in [-0.39, 0.29) is 18.1 Å². The van der Waals surface area contributed by atoms with Gasteiger partial charge in [0, 0.05) is 30.0 Å². The number of morpholine rings is 1. The summed E-state index contributed by atoms with van der Waals surface area (Å²) in [7, 11) is 0. The fraction of sp³-hybridized carbons (Fsp3) is 0.316. The van der Waals surface area contributed by atoms with Crippen LogP contribution in [-0.2, 0) is 4.74 Å². The van der Waals surface area contributed by atoms with Crippen LogP contribution >= 0.6 is 0 Å². The van der Waals surface area contributed by atoms with Crippen LogP contribution < -0.4 is 10.2 Å². The molecule has 2 aromatic carbocycles. The van der Waals surface area contributed by atoms with Gasteiger partial charge in [-0.3, -0.25) is 4.79 Å². The fourth-order valence-electron chi connectivity index (χ4n) is 3.33. The van der Waals surface area contributed by atoms with Gasteiger partial charge in [-0.15, -0.1) is 0 Å². The predicted molar refractivity (Wildman–Crippen MR) is 101 cm³/mol. The van der Waals surface area contributed by atoms with Crippen LogP contribution in [0.4, 0.5) is 11.4 Å². The minimum atomic E-state index is -0.170. The molecular weight excluding hydrogens is 330 g/mol. The lowest BCUT2D eigenvalue weighted by Gasteiger charge is -2.36. The summed E-state index contributed by atoms with van der Waals surface area (Å²) in [5.74, 6) is -0.170. The van der Waals surface area contributed by atoms with Crippen molar-refractivity contribution in [2.24, 2.45) is 0 Å².